The van der Waals surface area contributed by atoms with Crippen LogP contribution in [0.15, 0.2) is 78.2 Å². The average Bonchev–Trinajstić information content (AvgIpc) is 3.19. The second-order valence-corrected chi connectivity index (χ2v) is 7.62. The number of rotatable bonds is 4. The molecule has 0 saturated carbocycles. The Morgan fingerprint density at radius 3 is 2.75 bits per heavy atom. The number of fused-ring (bicyclic) bond motifs is 3. The molecule has 0 aliphatic carbocycles. The second kappa shape index (κ2) is 7.22. The summed E-state index contributed by atoms with van der Waals surface area (Å²) in [5, 5.41) is 7.21. The SMILES string of the molecule is Clc1cccc(CSc2nc3ccccc3c3nc(-c4cccnc4)nn23)c1. The third kappa shape index (κ3) is 3.21. The van der Waals surface area contributed by atoms with E-state index in [-0.39, 0.29) is 0 Å². The predicted molar refractivity (Wildman–Crippen MR) is 113 cm³/mol. The van der Waals surface area contributed by atoms with E-state index in [1.807, 2.05) is 59.1 Å². The van der Waals surface area contributed by atoms with Crippen molar-refractivity contribution >= 4 is 39.9 Å². The van der Waals surface area contributed by atoms with Gasteiger partial charge in [0.1, 0.15) is 0 Å². The van der Waals surface area contributed by atoms with Gasteiger partial charge in [-0.1, -0.05) is 47.6 Å². The van der Waals surface area contributed by atoms with Gasteiger partial charge in [0.05, 0.1) is 5.52 Å². The molecule has 28 heavy (non-hydrogen) atoms. The first-order valence-corrected chi connectivity index (χ1v) is 10.1. The molecule has 3 aromatic heterocycles. The highest BCUT2D eigenvalue weighted by atomic mass is 35.5. The fourth-order valence-electron chi connectivity index (χ4n) is 3.02. The topological polar surface area (TPSA) is 56.0 Å². The number of halogens is 1. The second-order valence-electron chi connectivity index (χ2n) is 6.24. The summed E-state index contributed by atoms with van der Waals surface area (Å²) in [5.41, 5.74) is 3.70. The Morgan fingerprint density at radius 1 is 0.964 bits per heavy atom. The first kappa shape index (κ1) is 17.2. The highest BCUT2D eigenvalue weighted by Crippen LogP contribution is 2.28. The van der Waals surface area contributed by atoms with E-state index in [0.29, 0.717) is 5.82 Å². The number of benzene rings is 2. The largest absolute Gasteiger partial charge is 0.264 e. The minimum absolute atomic E-state index is 0.635. The Kier molecular flexibility index (Phi) is 4.43. The number of nitrogens with zero attached hydrogens (tertiary/aromatic N) is 5. The van der Waals surface area contributed by atoms with E-state index < -0.39 is 0 Å². The van der Waals surface area contributed by atoms with Crippen LogP contribution in [0.5, 0.6) is 0 Å². The van der Waals surface area contributed by atoms with Crippen LogP contribution in [0.1, 0.15) is 5.56 Å². The third-order valence-electron chi connectivity index (χ3n) is 4.33. The fourth-order valence-corrected chi connectivity index (χ4v) is 4.12. The van der Waals surface area contributed by atoms with E-state index in [0.717, 1.165) is 43.6 Å². The van der Waals surface area contributed by atoms with Crippen molar-refractivity contribution in [1.29, 1.82) is 0 Å². The number of para-hydroxylation sites is 1. The van der Waals surface area contributed by atoms with Gasteiger partial charge in [-0.2, -0.15) is 4.52 Å². The summed E-state index contributed by atoms with van der Waals surface area (Å²) in [5.74, 6) is 1.37. The summed E-state index contributed by atoms with van der Waals surface area (Å²) in [6.07, 6.45) is 3.51. The normalized spacial score (nSPS) is 11.3. The number of hydrogen-bond donors (Lipinski definition) is 0. The number of hydrogen-bond acceptors (Lipinski definition) is 5. The molecule has 0 unspecified atom stereocenters. The average molecular weight is 404 g/mol. The molecule has 0 N–H and O–H groups in total. The van der Waals surface area contributed by atoms with Gasteiger partial charge in [0, 0.05) is 34.1 Å². The van der Waals surface area contributed by atoms with Gasteiger partial charge < -0.3 is 0 Å². The van der Waals surface area contributed by atoms with E-state index in [2.05, 4.69) is 11.1 Å². The zero-order chi connectivity index (χ0) is 18.9. The molecule has 2 aromatic carbocycles. The van der Waals surface area contributed by atoms with Crippen molar-refractivity contribution in [3.05, 3.63) is 83.6 Å². The van der Waals surface area contributed by atoms with Crippen LogP contribution in [0, 0.1) is 0 Å². The zero-order valence-electron chi connectivity index (χ0n) is 14.7. The van der Waals surface area contributed by atoms with Crippen LogP contribution in [0.25, 0.3) is 27.9 Å². The van der Waals surface area contributed by atoms with E-state index in [9.17, 15) is 0 Å². The van der Waals surface area contributed by atoms with E-state index in [4.69, 9.17) is 26.7 Å². The molecule has 0 saturated heterocycles. The smallest absolute Gasteiger partial charge is 0.191 e. The van der Waals surface area contributed by atoms with E-state index in [1.54, 1.807) is 24.2 Å². The molecule has 0 radical (unpaired) electrons. The van der Waals surface area contributed by atoms with E-state index >= 15 is 0 Å². The molecule has 0 aliphatic heterocycles. The molecule has 5 nitrogen and oxygen atoms in total. The summed E-state index contributed by atoms with van der Waals surface area (Å²) in [7, 11) is 0. The van der Waals surface area contributed by atoms with Gasteiger partial charge in [-0.15, -0.1) is 5.10 Å². The highest BCUT2D eigenvalue weighted by molar-refractivity contribution is 7.98. The molecule has 136 valence electrons. The molecular formula is C21H14ClN5S. The number of aromatic nitrogens is 5. The van der Waals surface area contributed by atoms with Crippen LogP contribution in [0.4, 0.5) is 0 Å². The van der Waals surface area contributed by atoms with Crippen LogP contribution in [0.3, 0.4) is 0 Å². The lowest BCUT2D eigenvalue weighted by atomic mass is 10.2. The maximum atomic E-state index is 6.11. The zero-order valence-corrected chi connectivity index (χ0v) is 16.2. The van der Waals surface area contributed by atoms with Crippen LogP contribution in [0.2, 0.25) is 5.02 Å². The fraction of sp³-hybridized carbons (Fsp3) is 0.0476. The Morgan fingerprint density at radius 2 is 1.89 bits per heavy atom. The molecule has 5 rings (SSSR count). The lowest BCUT2D eigenvalue weighted by molar-refractivity contribution is 0.811. The summed E-state index contributed by atoms with van der Waals surface area (Å²) >= 11 is 7.72. The molecular weight excluding hydrogens is 390 g/mol. The van der Waals surface area contributed by atoms with Gasteiger partial charge in [-0.25, -0.2) is 9.97 Å². The van der Waals surface area contributed by atoms with Crippen molar-refractivity contribution in [1.82, 2.24) is 24.6 Å². The van der Waals surface area contributed by atoms with Gasteiger partial charge in [0.25, 0.3) is 0 Å². The van der Waals surface area contributed by atoms with Crippen molar-refractivity contribution < 1.29 is 0 Å². The number of thioether (sulfide) groups is 1. The lowest BCUT2D eigenvalue weighted by Crippen LogP contribution is -1.98. The molecule has 0 aliphatic rings. The first-order valence-electron chi connectivity index (χ1n) is 8.71. The van der Waals surface area contributed by atoms with Crippen LogP contribution in [-0.4, -0.2) is 24.6 Å². The van der Waals surface area contributed by atoms with E-state index in [1.165, 1.54) is 0 Å². The maximum absolute atomic E-state index is 6.11. The van der Waals surface area contributed by atoms with Crippen molar-refractivity contribution in [2.45, 2.75) is 10.9 Å². The van der Waals surface area contributed by atoms with Gasteiger partial charge in [0.15, 0.2) is 16.6 Å². The molecule has 0 spiro atoms. The Bertz CT molecular complexity index is 1290. The molecule has 0 fully saturated rings. The van der Waals surface area contributed by atoms with Crippen LogP contribution in [-0.2, 0) is 5.75 Å². The van der Waals surface area contributed by atoms with Gasteiger partial charge in [0.2, 0.25) is 0 Å². The summed E-state index contributed by atoms with van der Waals surface area (Å²) < 4.78 is 1.82. The minimum Gasteiger partial charge on any atom is -0.264 e. The summed E-state index contributed by atoms with van der Waals surface area (Å²) in [6.45, 7) is 0. The highest BCUT2D eigenvalue weighted by Gasteiger charge is 2.15. The quantitative estimate of drug-likeness (QED) is 0.301. The van der Waals surface area contributed by atoms with Gasteiger partial charge in [-0.3, -0.25) is 4.98 Å². The van der Waals surface area contributed by atoms with Crippen molar-refractivity contribution in [2.24, 2.45) is 0 Å². The summed E-state index contributed by atoms with van der Waals surface area (Å²) in [4.78, 5) is 13.8. The standard InChI is InChI=1S/C21H14ClN5S/c22-16-7-3-5-14(11-16)13-28-21-24-18-9-2-1-8-17(18)20-25-19(26-27(20)21)15-6-4-10-23-12-15/h1-12H,13H2. The predicted octanol–water partition coefficient (Wildman–Crippen LogP) is 5.29. The molecule has 0 atom stereocenters. The first-order chi connectivity index (χ1) is 13.8. The molecule has 3 heterocycles. The Labute approximate surface area is 170 Å². The lowest BCUT2D eigenvalue weighted by Gasteiger charge is -2.06. The summed E-state index contributed by atoms with van der Waals surface area (Å²) in [6, 6.07) is 19.7. The molecule has 0 bridgehead atoms. The van der Waals surface area contributed by atoms with Gasteiger partial charge >= 0.3 is 0 Å². The Hall–Kier alpha value is -2.96. The van der Waals surface area contributed by atoms with Crippen molar-refractivity contribution in [3.8, 4) is 11.4 Å². The maximum Gasteiger partial charge on any atom is 0.191 e. The Balaban J connectivity index is 1.63. The van der Waals surface area contributed by atoms with Crippen LogP contribution < -0.4 is 0 Å². The molecule has 0 amide bonds. The third-order valence-corrected chi connectivity index (χ3v) is 5.56. The van der Waals surface area contributed by atoms with Crippen molar-refractivity contribution in [2.75, 3.05) is 0 Å². The van der Waals surface area contributed by atoms with Crippen molar-refractivity contribution in [3.63, 3.8) is 0 Å². The molecule has 7 heteroatoms. The number of pyridine rings is 1. The van der Waals surface area contributed by atoms with Gasteiger partial charge in [-0.05, 0) is 42.0 Å². The minimum atomic E-state index is 0.635. The monoisotopic (exact) mass is 403 g/mol. The van der Waals surface area contributed by atoms with Crippen LogP contribution >= 0.6 is 23.4 Å². The molecule has 5 aromatic rings.